The van der Waals surface area contributed by atoms with E-state index in [1.54, 1.807) is 12.1 Å². The Balaban J connectivity index is 1.47. The minimum atomic E-state index is -1.44. The first-order chi connectivity index (χ1) is 19.0. The number of carboxylic acids is 1. The van der Waals surface area contributed by atoms with Crippen LogP contribution in [0.15, 0.2) is 109 Å². The summed E-state index contributed by atoms with van der Waals surface area (Å²) < 4.78 is 0. The largest absolute Gasteiger partial charge is 0.475 e. The fraction of sp³-hybridized carbons (Fsp3) is 0.206. The van der Waals surface area contributed by atoms with Crippen LogP contribution in [0.3, 0.4) is 0 Å². The van der Waals surface area contributed by atoms with Crippen molar-refractivity contribution >= 4 is 23.3 Å². The van der Waals surface area contributed by atoms with Crippen LogP contribution in [0.2, 0.25) is 0 Å². The van der Waals surface area contributed by atoms with E-state index in [-0.39, 0.29) is 23.4 Å². The van der Waals surface area contributed by atoms with Gasteiger partial charge in [-0.3, -0.25) is 9.59 Å². The van der Waals surface area contributed by atoms with Crippen molar-refractivity contribution in [1.29, 1.82) is 0 Å². The van der Waals surface area contributed by atoms with Crippen molar-refractivity contribution < 1.29 is 19.5 Å². The van der Waals surface area contributed by atoms with Crippen molar-refractivity contribution in [3.8, 4) is 0 Å². The Morgan fingerprint density at radius 3 is 1.95 bits per heavy atom. The molecule has 0 bridgehead atoms. The van der Waals surface area contributed by atoms with E-state index in [4.69, 9.17) is 0 Å². The third kappa shape index (κ3) is 5.68. The molecule has 0 aromatic heterocycles. The van der Waals surface area contributed by atoms with Crippen LogP contribution in [-0.4, -0.2) is 22.8 Å². The molecule has 1 aliphatic carbocycles. The molecule has 1 aliphatic rings. The molecule has 4 aromatic carbocycles. The van der Waals surface area contributed by atoms with Gasteiger partial charge in [-0.2, -0.15) is 0 Å². The summed E-state index contributed by atoms with van der Waals surface area (Å²) in [4.78, 5) is 39.8. The SMILES string of the molecule is O=C(O)C(=O)c1cccc2c1CCCC2CCC(=O)N(c1ccccc1)C(c1ccccc1)c1ccccc1. The molecule has 4 aromatic rings. The second kappa shape index (κ2) is 11.9. The van der Waals surface area contributed by atoms with E-state index in [1.807, 2.05) is 77.7 Å². The van der Waals surface area contributed by atoms with Gasteiger partial charge in [0.25, 0.3) is 5.78 Å². The van der Waals surface area contributed by atoms with Gasteiger partial charge >= 0.3 is 5.97 Å². The number of carbonyl (C=O) groups excluding carboxylic acids is 2. The number of carboxylic acid groups (broad SMARTS) is 1. The molecule has 0 saturated carbocycles. The van der Waals surface area contributed by atoms with Gasteiger partial charge < -0.3 is 10.0 Å². The standard InChI is InChI=1S/C34H31NO4/c36-31(23-22-24-16-10-20-29-28(24)19-11-21-30(29)33(37)34(38)39)35(27-17-8-3-9-18-27)32(25-12-4-1-5-13-25)26-14-6-2-7-15-26/h1-9,11-15,17-19,21,24,32H,10,16,20,22-23H2,(H,38,39). The molecule has 1 amide bonds. The number of benzene rings is 4. The Bertz CT molecular complexity index is 1410. The maximum Gasteiger partial charge on any atom is 0.377 e. The van der Waals surface area contributed by atoms with Crippen LogP contribution in [0.1, 0.15) is 70.3 Å². The molecule has 0 fully saturated rings. The number of anilines is 1. The number of para-hydroxylation sites is 1. The normalized spacial score (nSPS) is 14.4. The van der Waals surface area contributed by atoms with E-state index in [1.165, 1.54) is 0 Å². The van der Waals surface area contributed by atoms with Crippen LogP contribution in [-0.2, 0) is 16.0 Å². The van der Waals surface area contributed by atoms with Crippen LogP contribution < -0.4 is 4.90 Å². The lowest BCUT2D eigenvalue weighted by molar-refractivity contribution is -0.131. The van der Waals surface area contributed by atoms with E-state index in [0.29, 0.717) is 19.3 Å². The highest BCUT2D eigenvalue weighted by atomic mass is 16.4. The van der Waals surface area contributed by atoms with Gasteiger partial charge in [0, 0.05) is 17.7 Å². The number of hydrogen-bond donors (Lipinski definition) is 1. The van der Waals surface area contributed by atoms with Gasteiger partial charge in [0.05, 0.1) is 6.04 Å². The molecule has 0 radical (unpaired) electrons. The zero-order valence-corrected chi connectivity index (χ0v) is 21.7. The van der Waals surface area contributed by atoms with Gasteiger partial charge in [0.1, 0.15) is 0 Å². The fourth-order valence-electron chi connectivity index (χ4n) is 5.78. The van der Waals surface area contributed by atoms with Gasteiger partial charge in [-0.05, 0) is 66.0 Å². The first kappa shape index (κ1) is 26.1. The molecule has 196 valence electrons. The van der Waals surface area contributed by atoms with E-state index < -0.39 is 11.8 Å². The Labute approximate surface area is 228 Å². The van der Waals surface area contributed by atoms with Crippen molar-refractivity contribution in [2.45, 2.75) is 44.1 Å². The molecule has 0 aliphatic heterocycles. The van der Waals surface area contributed by atoms with Gasteiger partial charge in [0.15, 0.2) is 0 Å². The first-order valence-electron chi connectivity index (χ1n) is 13.4. The molecule has 5 nitrogen and oxygen atoms in total. The van der Waals surface area contributed by atoms with Crippen molar-refractivity contribution in [3.05, 3.63) is 137 Å². The maximum atomic E-state index is 14.1. The number of hydrogen-bond acceptors (Lipinski definition) is 3. The zero-order valence-electron chi connectivity index (χ0n) is 21.7. The third-order valence-corrected chi connectivity index (χ3v) is 7.57. The molecule has 0 heterocycles. The number of nitrogens with zero attached hydrogens (tertiary/aromatic N) is 1. The van der Waals surface area contributed by atoms with Gasteiger partial charge in [0.2, 0.25) is 5.91 Å². The second-order valence-electron chi connectivity index (χ2n) is 9.96. The molecule has 0 spiro atoms. The van der Waals surface area contributed by atoms with E-state index >= 15 is 0 Å². The summed E-state index contributed by atoms with van der Waals surface area (Å²) in [7, 11) is 0. The summed E-state index contributed by atoms with van der Waals surface area (Å²) in [6, 6.07) is 35.0. The lowest BCUT2D eigenvalue weighted by Gasteiger charge is -2.34. The van der Waals surface area contributed by atoms with Crippen molar-refractivity contribution in [3.63, 3.8) is 0 Å². The van der Waals surface area contributed by atoms with Crippen molar-refractivity contribution in [2.75, 3.05) is 4.90 Å². The Morgan fingerprint density at radius 2 is 1.36 bits per heavy atom. The van der Waals surface area contributed by atoms with Gasteiger partial charge in [-0.1, -0.05) is 97.1 Å². The molecule has 5 rings (SSSR count). The minimum absolute atomic E-state index is 0.0174. The molecule has 5 heteroatoms. The second-order valence-corrected chi connectivity index (χ2v) is 9.96. The number of Topliss-reactive ketones (excluding diaryl/α,β-unsaturated/α-hetero) is 1. The lowest BCUT2D eigenvalue weighted by atomic mass is 9.78. The number of amides is 1. The molecule has 0 saturated heterocycles. The van der Waals surface area contributed by atoms with Gasteiger partial charge in [-0.25, -0.2) is 4.79 Å². The van der Waals surface area contributed by atoms with Crippen molar-refractivity contribution in [2.24, 2.45) is 0 Å². The molecular formula is C34H31NO4. The highest BCUT2D eigenvalue weighted by Gasteiger charge is 2.31. The Morgan fingerprint density at radius 1 is 0.769 bits per heavy atom. The molecular weight excluding hydrogens is 486 g/mol. The summed E-state index contributed by atoms with van der Waals surface area (Å²) in [5, 5.41) is 9.29. The number of ketones is 1. The summed E-state index contributed by atoms with van der Waals surface area (Å²) in [5.41, 5.74) is 4.98. The predicted octanol–water partition coefficient (Wildman–Crippen LogP) is 6.98. The van der Waals surface area contributed by atoms with E-state index in [9.17, 15) is 19.5 Å². The number of fused-ring (bicyclic) bond motifs is 1. The molecule has 1 N–H and O–H groups in total. The smallest absolute Gasteiger partial charge is 0.377 e. The van der Waals surface area contributed by atoms with Crippen LogP contribution in [0.5, 0.6) is 0 Å². The lowest BCUT2D eigenvalue weighted by Crippen LogP contribution is -2.36. The van der Waals surface area contributed by atoms with Crippen LogP contribution in [0, 0.1) is 0 Å². The summed E-state index contributed by atoms with van der Waals surface area (Å²) in [5.74, 6) is -2.20. The van der Waals surface area contributed by atoms with Crippen LogP contribution in [0.4, 0.5) is 5.69 Å². The fourth-order valence-corrected chi connectivity index (χ4v) is 5.78. The van der Waals surface area contributed by atoms with Gasteiger partial charge in [-0.15, -0.1) is 0 Å². The summed E-state index contributed by atoms with van der Waals surface area (Å²) in [6.45, 7) is 0. The van der Waals surface area contributed by atoms with Crippen LogP contribution in [0.25, 0.3) is 0 Å². The van der Waals surface area contributed by atoms with Crippen LogP contribution >= 0.6 is 0 Å². The summed E-state index contributed by atoms with van der Waals surface area (Å²) >= 11 is 0. The monoisotopic (exact) mass is 517 g/mol. The average molecular weight is 518 g/mol. The van der Waals surface area contributed by atoms with E-state index in [2.05, 4.69) is 24.3 Å². The molecule has 1 atom stereocenters. The quantitative estimate of drug-likeness (QED) is 0.192. The highest BCUT2D eigenvalue weighted by Crippen LogP contribution is 2.38. The zero-order chi connectivity index (χ0) is 27.2. The summed E-state index contributed by atoms with van der Waals surface area (Å²) in [6.07, 6.45) is 3.38. The highest BCUT2D eigenvalue weighted by molar-refractivity contribution is 6.40. The number of aliphatic carboxylic acids is 1. The average Bonchev–Trinajstić information content (AvgIpc) is 2.99. The maximum absolute atomic E-state index is 14.1. The van der Waals surface area contributed by atoms with E-state index in [0.717, 1.165) is 40.8 Å². The predicted molar refractivity (Wildman–Crippen MR) is 152 cm³/mol. The Hall–Kier alpha value is -4.51. The minimum Gasteiger partial charge on any atom is -0.475 e. The number of rotatable bonds is 9. The third-order valence-electron chi connectivity index (χ3n) is 7.57. The molecule has 39 heavy (non-hydrogen) atoms. The number of carbonyl (C=O) groups is 3. The first-order valence-corrected chi connectivity index (χ1v) is 13.4. The Kier molecular flexibility index (Phi) is 7.97. The topological polar surface area (TPSA) is 74.7 Å². The van der Waals surface area contributed by atoms with Crippen molar-refractivity contribution in [1.82, 2.24) is 0 Å². The molecule has 1 unspecified atom stereocenters.